The van der Waals surface area contributed by atoms with E-state index in [0.717, 1.165) is 0 Å². The Hall–Kier alpha value is -13.3. The van der Waals surface area contributed by atoms with Crippen molar-refractivity contribution < 1.29 is 22.8 Å². The molecule has 17 aromatic rings. The van der Waals surface area contributed by atoms with E-state index >= 15 is 0 Å². The molecule has 12 aromatic carbocycles. The van der Waals surface area contributed by atoms with Gasteiger partial charge in [0.1, 0.15) is 87.9 Å². The van der Waals surface area contributed by atoms with Crippen LogP contribution >= 0.6 is 0 Å². The standard InChI is InChI=1S/C32H31N2.C26H27N2.C26H35N2.C22H27N2.C20H31N2.5CH4/c1-32(2,3)29-23-34(31(33(29)4)26-19-12-7-13-20-26)30-27(24-15-8-5-9-16-24)21-14-22-28(30)25-17-10-6-11-18-25;1-26(2,3)24-18-28(19-27(24)4)25-22(20-12-7-5-8-13-20)16-11-17-23(25)21-14-9-6-10-15-21;1-18(2)21-15-12-16-22(19(3)4)24(21)28-17-23(26(5,6)7)27(8)25(28)20-13-10-9-11-14-20;1-16-11-10-12-17(2)20(16)24-15-19(22(3,4)5)23(6)21(24)18-13-8-7-9-14-18;1-14(2)16-10-9-11-17(15(3)4)19(16)22-12-18(20(5,6)7)21(8)13-22;;;;;/h5-23H,1-4H3;5-19H,1-4H3;9-19H,1-8H3;7-15H,1-6H3;9-15H,1-8H3;5*1H4/q5*+1;;;;;. The van der Waals surface area contributed by atoms with Gasteiger partial charge in [-0.05, 0) is 107 Å². The first-order valence-electron chi connectivity index (χ1n) is 48.9. The SMILES string of the molecule is C.C.C.C.C.CC(C)c1cccc(C(C)C)c1-[n+]1cc(C(C)(C)C)n(C)c1.CC(C)c1cccc(C(C)C)c1-[n+]1cc(C(C)(C)C)n(C)c1-c1ccccc1.Cc1cccc(C)c1-[n+]1cc(C(C)(C)C)n(C)c1-c1ccccc1.Cn1c(C(C)(C)C)c[n+](-c2c(-c3ccccc3)cccc2-c2ccccc2)c1-c1ccccc1.Cn1c[n+](-c2c(-c3ccccc3)cccc2-c2ccccc2)cc1C(C)(C)C. The van der Waals surface area contributed by atoms with Crippen LogP contribution in [-0.2, 0) is 62.3 Å². The largest absolute Gasteiger partial charge is 0.294 e. The first-order valence-corrected chi connectivity index (χ1v) is 48.9. The number of para-hydroxylation sites is 5. The molecule has 0 unspecified atom stereocenters. The molecule has 0 fully saturated rings. The second-order valence-corrected chi connectivity index (χ2v) is 43.2. The van der Waals surface area contributed by atoms with Crippen molar-refractivity contribution >= 4 is 0 Å². The summed E-state index contributed by atoms with van der Waals surface area (Å²) >= 11 is 0. The molecule has 17 rings (SSSR count). The zero-order valence-electron chi connectivity index (χ0n) is 87.2. The first-order chi connectivity index (χ1) is 64.5. The van der Waals surface area contributed by atoms with Crippen LogP contribution in [0.2, 0.25) is 0 Å². The Kier molecular flexibility index (Phi) is 37.9. The maximum atomic E-state index is 2.45. The number of nitrogens with zero attached hydrogens (tertiary/aromatic N) is 10. The number of hydrogen-bond acceptors (Lipinski definition) is 0. The van der Waals surface area contributed by atoms with Crippen molar-refractivity contribution in [2.75, 3.05) is 0 Å². The number of benzene rings is 12. The highest BCUT2D eigenvalue weighted by molar-refractivity contribution is 5.84. The third-order valence-corrected chi connectivity index (χ3v) is 26.1. The summed E-state index contributed by atoms with van der Waals surface area (Å²) in [5.74, 6) is 5.58. The van der Waals surface area contributed by atoms with Gasteiger partial charge in [0.25, 0.3) is 17.5 Å². The van der Waals surface area contributed by atoms with Gasteiger partial charge in [-0.25, -0.2) is 32.0 Å². The highest BCUT2D eigenvalue weighted by atomic mass is 15.2. The van der Waals surface area contributed by atoms with Gasteiger partial charge in [-0.2, -0.15) is 13.7 Å². The molecule has 0 N–H and O–H groups in total. The molecule has 0 spiro atoms. The Balaban J connectivity index is 0.000000215. The van der Waals surface area contributed by atoms with Gasteiger partial charge >= 0.3 is 0 Å². The van der Waals surface area contributed by atoms with Crippen LogP contribution in [0, 0.1) is 13.8 Å². The first kappa shape index (κ1) is 113. The third-order valence-electron chi connectivity index (χ3n) is 26.1. The maximum absolute atomic E-state index is 2.45. The molecule has 0 radical (unpaired) electrons. The summed E-state index contributed by atoms with van der Waals surface area (Å²) in [6.07, 6.45) is 16.0. The molecule has 0 aliphatic carbocycles. The number of aryl methyl sites for hydroxylation is 4. The second-order valence-electron chi connectivity index (χ2n) is 43.2. The van der Waals surface area contributed by atoms with E-state index in [1.807, 2.05) is 0 Å². The lowest BCUT2D eigenvalue weighted by Crippen LogP contribution is -2.35. The minimum atomic E-state index is -0.00185. The summed E-state index contributed by atoms with van der Waals surface area (Å²) in [6.45, 7) is 56.7. The lowest BCUT2D eigenvalue weighted by atomic mass is 9.91. The van der Waals surface area contributed by atoms with Gasteiger partial charge in [-0.15, -0.1) is 0 Å². The summed E-state index contributed by atoms with van der Waals surface area (Å²) in [6, 6.07) is 108. The topological polar surface area (TPSA) is 44.0 Å². The molecule has 5 aromatic heterocycles. The van der Waals surface area contributed by atoms with E-state index in [9.17, 15) is 0 Å². The fourth-order valence-corrected chi connectivity index (χ4v) is 19.5. The summed E-state index contributed by atoms with van der Waals surface area (Å²) in [7, 11) is 10.8. The Bertz CT molecular complexity index is 6690. The van der Waals surface area contributed by atoms with Gasteiger partial charge < -0.3 is 0 Å². The van der Waals surface area contributed by atoms with Crippen LogP contribution in [-0.4, -0.2) is 22.8 Å². The smallest absolute Gasteiger partial charge is 0.236 e. The van der Waals surface area contributed by atoms with E-state index in [2.05, 4.69) is 601 Å². The van der Waals surface area contributed by atoms with Crippen LogP contribution in [0.3, 0.4) is 0 Å². The molecule has 0 bridgehead atoms. The minimum absolute atomic E-state index is 0. The monoisotopic (exact) mass is 1880 g/mol. The van der Waals surface area contributed by atoms with Crippen molar-refractivity contribution in [2.24, 2.45) is 35.2 Å². The van der Waals surface area contributed by atoms with Gasteiger partial charge in [0.2, 0.25) is 12.7 Å². The summed E-state index contributed by atoms with van der Waals surface area (Å²) in [5, 5.41) is 0. The number of hydrogen-bond donors (Lipinski definition) is 0. The molecule has 141 heavy (non-hydrogen) atoms. The number of imidazole rings is 5. The van der Waals surface area contributed by atoms with Crippen molar-refractivity contribution in [2.45, 2.75) is 261 Å². The predicted octanol–water partition coefficient (Wildman–Crippen LogP) is 33.0. The number of aromatic nitrogens is 10. The molecule has 0 amide bonds. The van der Waals surface area contributed by atoms with Crippen molar-refractivity contribution in [1.29, 1.82) is 0 Å². The van der Waals surface area contributed by atoms with Crippen LogP contribution in [0.15, 0.2) is 347 Å². The molecule has 0 saturated heterocycles. The van der Waals surface area contributed by atoms with Crippen LogP contribution in [0.4, 0.5) is 0 Å². The van der Waals surface area contributed by atoms with Crippen LogP contribution in [0.25, 0.3) is 107 Å². The van der Waals surface area contributed by atoms with E-state index in [-0.39, 0.29) is 64.2 Å². The molecular weight excluding hydrogens is 1710 g/mol. The van der Waals surface area contributed by atoms with Gasteiger partial charge in [-0.3, -0.25) is 0 Å². The summed E-state index contributed by atoms with van der Waals surface area (Å²) < 4.78 is 23.4. The Morgan fingerprint density at radius 3 is 0.652 bits per heavy atom. The predicted molar refractivity (Wildman–Crippen MR) is 606 cm³/mol. The molecule has 10 heteroatoms. The fraction of sp³-hybridized carbons (Fsp3) is 0.336. The van der Waals surface area contributed by atoms with Crippen molar-refractivity contribution in [3.05, 3.63) is 409 Å². The number of rotatable bonds is 16. The molecule has 10 nitrogen and oxygen atoms in total. The fourth-order valence-electron chi connectivity index (χ4n) is 19.5. The molecule has 0 atom stereocenters. The Morgan fingerprint density at radius 2 is 0.411 bits per heavy atom. The third kappa shape index (κ3) is 25.4. The van der Waals surface area contributed by atoms with Gasteiger partial charge in [0.15, 0.2) is 0 Å². The summed E-state index contributed by atoms with van der Waals surface area (Å²) in [5.41, 5.74) is 35.0. The van der Waals surface area contributed by atoms with E-state index in [0.29, 0.717) is 23.7 Å². The van der Waals surface area contributed by atoms with Crippen molar-refractivity contribution in [3.8, 4) is 107 Å². The molecule has 5 heterocycles. The Labute approximate surface area is 852 Å². The zero-order valence-corrected chi connectivity index (χ0v) is 87.2. The average molecular weight is 1890 g/mol. The molecular formula is C131H171N10+5. The lowest BCUT2D eigenvalue weighted by Gasteiger charge is -2.17. The van der Waals surface area contributed by atoms with E-state index < -0.39 is 0 Å². The molecule has 740 valence electrons. The van der Waals surface area contributed by atoms with Gasteiger partial charge in [-0.1, -0.05) is 463 Å². The average Bonchev–Trinajstić information content (AvgIpc) is 1.61. The van der Waals surface area contributed by atoms with Gasteiger partial charge in [0, 0.05) is 71.6 Å². The van der Waals surface area contributed by atoms with Crippen molar-refractivity contribution in [3.63, 3.8) is 0 Å². The molecule has 0 aliphatic rings. The van der Waals surface area contributed by atoms with E-state index in [1.165, 1.54) is 169 Å². The van der Waals surface area contributed by atoms with Crippen molar-refractivity contribution in [1.82, 2.24) is 22.8 Å². The van der Waals surface area contributed by atoms with Crippen LogP contribution in [0.5, 0.6) is 0 Å². The van der Waals surface area contributed by atoms with Crippen LogP contribution < -0.4 is 22.8 Å². The molecule has 0 aliphatic heterocycles. The Morgan fingerprint density at radius 1 is 0.206 bits per heavy atom. The minimum Gasteiger partial charge on any atom is -0.236 e. The quantitative estimate of drug-likeness (QED) is 0.0866. The maximum Gasteiger partial charge on any atom is 0.294 e. The highest BCUT2D eigenvalue weighted by Crippen LogP contribution is 2.41. The normalized spacial score (nSPS) is 11.4. The second kappa shape index (κ2) is 47.3. The van der Waals surface area contributed by atoms with E-state index in [1.54, 1.807) is 0 Å². The summed E-state index contributed by atoms with van der Waals surface area (Å²) in [4.78, 5) is 0. The zero-order chi connectivity index (χ0) is 98.2. The lowest BCUT2D eigenvalue weighted by molar-refractivity contribution is -0.596. The molecule has 0 saturated carbocycles. The van der Waals surface area contributed by atoms with Crippen LogP contribution in [0.1, 0.15) is 282 Å². The highest BCUT2D eigenvalue weighted by Gasteiger charge is 2.38. The van der Waals surface area contributed by atoms with Gasteiger partial charge in [0.05, 0.1) is 51.9 Å². The van der Waals surface area contributed by atoms with E-state index in [4.69, 9.17) is 0 Å².